The molecule has 2 aromatic rings. The van der Waals surface area contributed by atoms with Crippen LogP contribution in [-0.2, 0) is 11.3 Å². The number of amides is 1. The fourth-order valence-electron chi connectivity index (χ4n) is 1.82. The molecule has 3 N–H and O–H groups in total. The molecule has 0 saturated heterocycles. The molecule has 0 fully saturated rings. The van der Waals surface area contributed by atoms with Crippen LogP contribution < -0.4 is 15.8 Å². The minimum Gasteiger partial charge on any atom is -0.493 e. The first-order chi connectivity index (χ1) is 10.1. The zero-order valence-electron chi connectivity index (χ0n) is 12.0. The minimum atomic E-state index is -0.361. The number of nitrogens with zero attached hydrogens (tertiary/aromatic N) is 1. The highest BCUT2D eigenvalue weighted by Gasteiger charge is 2.00. The Morgan fingerprint density at radius 2 is 2.05 bits per heavy atom. The summed E-state index contributed by atoms with van der Waals surface area (Å²) < 4.78 is 5.42. The maximum atomic E-state index is 10.6. The van der Waals surface area contributed by atoms with Gasteiger partial charge in [0.15, 0.2) is 0 Å². The molecule has 0 atom stereocenters. The van der Waals surface area contributed by atoms with Gasteiger partial charge in [0.2, 0.25) is 5.91 Å². The van der Waals surface area contributed by atoms with Crippen molar-refractivity contribution in [2.75, 3.05) is 11.9 Å². The van der Waals surface area contributed by atoms with Crippen molar-refractivity contribution >= 4 is 11.6 Å². The van der Waals surface area contributed by atoms with E-state index in [0.717, 1.165) is 18.0 Å². The summed E-state index contributed by atoms with van der Waals surface area (Å²) in [5.74, 6) is 0.361. The van der Waals surface area contributed by atoms with Gasteiger partial charge in [0.25, 0.3) is 0 Å². The Morgan fingerprint density at radius 3 is 2.71 bits per heavy atom. The molecule has 110 valence electrons. The average Bonchev–Trinajstić information content (AvgIpc) is 2.47. The Labute approximate surface area is 124 Å². The van der Waals surface area contributed by atoms with Crippen molar-refractivity contribution in [2.24, 2.45) is 5.73 Å². The number of carbonyl (C=O) groups excluding carboxylic acids is 1. The lowest BCUT2D eigenvalue weighted by Crippen LogP contribution is -2.14. The van der Waals surface area contributed by atoms with Gasteiger partial charge in [-0.15, -0.1) is 0 Å². The maximum absolute atomic E-state index is 10.6. The van der Waals surface area contributed by atoms with Crippen LogP contribution >= 0.6 is 0 Å². The summed E-state index contributed by atoms with van der Waals surface area (Å²) in [7, 11) is 0. The third-order valence-corrected chi connectivity index (χ3v) is 3.10. The van der Waals surface area contributed by atoms with Gasteiger partial charge in [-0.05, 0) is 48.4 Å². The molecule has 0 aliphatic carbocycles. The Bertz CT molecular complexity index is 597. The number of ether oxygens (including phenoxy) is 1. The first kappa shape index (κ1) is 14.8. The molecular formula is C16H19N3O2. The third kappa shape index (κ3) is 4.80. The van der Waals surface area contributed by atoms with E-state index in [4.69, 9.17) is 10.5 Å². The number of nitrogens with one attached hydrogen (secondary N) is 1. The first-order valence-corrected chi connectivity index (χ1v) is 6.79. The Kier molecular flexibility index (Phi) is 5.15. The number of nitrogens with two attached hydrogens (primary N) is 1. The van der Waals surface area contributed by atoms with Crippen molar-refractivity contribution in [1.82, 2.24) is 4.98 Å². The molecule has 0 aliphatic rings. The molecule has 1 amide bonds. The van der Waals surface area contributed by atoms with Crippen molar-refractivity contribution in [3.05, 3.63) is 53.9 Å². The van der Waals surface area contributed by atoms with Crippen LogP contribution in [0.15, 0.2) is 42.7 Å². The van der Waals surface area contributed by atoms with Crippen LogP contribution in [-0.4, -0.2) is 17.5 Å². The molecule has 0 spiro atoms. The number of carbonyl (C=O) groups is 1. The number of aryl methyl sites for hydroxylation is 1. The second kappa shape index (κ2) is 7.28. The van der Waals surface area contributed by atoms with Crippen LogP contribution in [0.2, 0.25) is 0 Å². The van der Waals surface area contributed by atoms with Crippen LogP contribution in [0.1, 0.15) is 17.5 Å². The molecule has 1 aromatic carbocycles. The molecule has 0 saturated carbocycles. The molecule has 0 unspecified atom stereocenters. The lowest BCUT2D eigenvalue weighted by Gasteiger charge is -2.10. The third-order valence-electron chi connectivity index (χ3n) is 3.10. The molecule has 0 radical (unpaired) electrons. The predicted octanol–water partition coefficient (Wildman–Crippen LogP) is 2.26. The largest absolute Gasteiger partial charge is 0.493 e. The van der Waals surface area contributed by atoms with E-state index < -0.39 is 0 Å². The summed E-state index contributed by atoms with van der Waals surface area (Å²) >= 11 is 0. The SMILES string of the molecule is Cc1ccncc1CNc1ccc(OCCC(N)=O)cc1. The Morgan fingerprint density at radius 1 is 1.29 bits per heavy atom. The van der Waals surface area contributed by atoms with Crippen LogP contribution in [0.3, 0.4) is 0 Å². The maximum Gasteiger partial charge on any atom is 0.220 e. The van der Waals surface area contributed by atoms with Crippen LogP contribution in [0.4, 0.5) is 5.69 Å². The highest BCUT2D eigenvalue weighted by molar-refractivity contribution is 5.73. The Balaban J connectivity index is 1.85. The van der Waals surface area contributed by atoms with Crippen molar-refractivity contribution in [3.8, 4) is 5.75 Å². The van der Waals surface area contributed by atoms with Gasteiger partial charge in [-0.3, -0.25) is 9.78 Å². The topological polar surface area (TPSA) is 77.2 Å². The van der Waals surface area contributed by atoms with E-state index >= 15 is 0 Å². The number of pyridine rings is 1. The number of aromatic nitrogens is 1. The van der Waals surface area contributed by atoms with Crippen molar-refractivity contribution in [1.29, 1.82) is 0 Å². The van der Waals surface area contributed by atoms with Gasteiger partial charge in [0, 0.05) is 24.6 Å². The number of hydrogen-bond acceptors (Lipinski definition) is 4. The van der Waals surface area contributed by atoms with Crippen LogP contribution in [0, 0.1) is 6.92 Å². The fraction of sp³-hybridized carbons (Fsp3) is 0.250. The number of primary amides is 1. The van der Waals surface area contributed by atoms with Crippen molar-refractivity contribution in [2.45, 2.75) is 19.9 Å². The van der Waals surface area contributed by atoms with E-state index in [9.17, 15) is 4.79 Å². The summed E-state index contributed by atoms with van der Waals surface area (Å²) in [5.41, 5.74) is 8.43. The van der Waals surface area contributed by atoms with E-state index in [0.29, 0.717) is 6.61 Å². The second-order valence-corrected chi connectivity index (χ2v) is 4.74. The van der Waals surface area contributed by atoms with Gasteiger partial charge in [0.05, 0.1) is 13.0 Å². The monoisotopic (exact) mass is 285 g/mol. The van der Waals surface area contributed by atoms with E-state index in [-0.39, 0.29) is 12.3 Å². The predicted molar refractivity (Wildman–Crippen MR) is 82.0 cm³/mol. The normalized spacial score (nSPS) is 10.1. The summed E-state index contributed by atoms with van der Waals surface area (Å²) in [5, 5.41) is 3.33. The Hall–Kier alpha value is -2.56. The van der Waals surface area contributed by atoms with E-state index in [1.807, 2.05) is 36.5 Å². The number of anilines is 1. The number of hydrogen-bond donors (Lipinski definition) is 2. The first-order valence-electron chi connectivity index (χ1n) is 6.79. The smallest absolute Gasteiger partial charge is 0.220 e. The van der Waals surface area contributed by atoms with Gasteiger partial charge in [0.1, 0.15) is 5.75 Å². The number of benzene rings is 1. The molecule has 1 heterocycles. The molecule has 0 bridgehead atoms. The molecule has 5 heteroatoms. The highest BCUT2D eigenvalue weighted by atomic mass is 16.5. The van der Waals surface area contributed by atoms with Gasteiger partial charge < -0.3 is 15.8 Å². The molecular weight excluding hydrogens is 266 g/mol. The summed E-state index contributed by atoms with van der Waals surface area (Å²) in [6.45, 7) is 3.09. The average molecular weight is 285 g/mol. The summed E-state index contributed by atoms with van der Waals surface area (Å²) in [4.78, 5) is 14.7. The standard InChI is InChI=1S/C16H19N3O2/c1-12-6-8-18-10-13(12)11-19-14-2-4-15(5-3-14)21-9-7-16(17)20/h2-6,8,10,19H,7,9,11H2,1H3,(H2,17,20). The lowest BCUT2D eigenvalue weighted by atomic mass is 10.1. The van der Waals surface area contributed by atoms with Gasteiger partial charge in [-0.25, -0.2) is 0 Å². The minimum absolute atomic E-state index is 0.223. The van der Waals surface area contributed by atoms with E-state index in [1.165, 1.54) is 11.1 Å². The molecule has 2 rings (SSSR count). The lowest BCUT2D eigenvalue weighted by molar-refractivity contribution is -0.118. The van der Waals surface area contributed by atoms with Crippen LogP contribution in [0.5, 0.6) is 5.75 Å². The molecule has 21 heavy (non-hydrogen) atoms. The molecule has 1 aromatic heterocycles. The van der Waals surface area contributed by atoms with E-state index in [1.54, 1.807) is 6.20 Å². The van der Waals surface area contributed by atoms with Crippen LogP contribution in [0.25, 0.3) is 0 Å². The zero-order chi connectivity index (χ0) is 15.1. The number of rotatable bonds is 7. The van der Waals surface area contributed by atoms with E-state index in [2.05, 4.69) is 17.2 Å². The quantitative estimate of drug-likeness (QED) is 0.818. The van der Waals surface area contributed by atoms with Crippen molar-refractivity contribution in [3.63, 3.8) is 0 Å². The van der Waals surface area contributed by atoms with Crippen molar-refractivity contribution < 1.29 is 9.53 Å². The van der Waals surface area contributed by atoms with Gasteiger partial charge in [-0.2, -0.15) is 0 Å². The summed E-state index contributed by atoms with van der Waals surface area (Å²) in [6, 6.07) is 9.59. The highest BCUT2D eigenvalue weighted by Crippen LogP contribution is 2.17. The van der Waals surface area contributed by atoms with Gasteiger partial charge >= 0.3 is 0 Å². The second-order valence-electron chi connectivity index (χ2n) is 4.74. The zero-order valence-corrected chi connectivity index (χ0v) is 12.0. The van der Waals surface area contributed by atoms with Gasteiger partial charge in [-0.1, -0.05) is 0 Å². The fourth-order valence-corrected chi connectivity index (χ4v) is 1.82. The molecule has 0 aliphatic heterocycles. The summed E-state index contributed by atoms with van der Waals surface area (Å²) in [6.07, 6.45) is 3.88. The molecule has 5 nitrogen and oxygen atoms in total.